The number of anilines is 1. The highest BCUT2D eigenvalue weighted by Crippen LogP contribution is 2.32. The largest absolute Gasteiger partial charge is 0.496 e. The predicted molar refractivity (Wildman–Crippen MR) is 96.7 cm³/mol. The first kappa shape index (κ1) is 18.0. The number of ether oxygens (including phenoxy) is 1. The molecule has 1 aliphatic carbocycles. The summed E-state index contributed by atoms with van der Waals surface area (Å²) in [7, 11) is 1.53. The van der Waals surface area contributed by atoms with Crippen LogP contribution in [0.25, 0.3) is 11.3 Å². The summed E-state index contributed by atoms with van der Waals surface area (Å²) in [5, 5.41) is 5.43. The van der Waals surface area contributed by atoms with Gasteiger partial charge >= 0.3 is 11.8 Å². The molecule has 0 aliphatic heterocycles. The van der Waals surface area contributed by atoms with Gasteiger partial charge in [-0.25, -0.2) is 4.98 Å². The van der Waals surface area contributed by atoms with Crippen LogP contribution in [-0.4, -0.2) is 29.9 Å². The van der Waals surface area contributed by atoms with Crippen molar-refractivity contribution in [1.82, 2.24) is 10.3 Å². The molecular weight excluding hydrogens is 334 g/mol. The minimum absolute atomic E-state index is 0.0767. The minimum Gasteiger partial charge on any atom is -0.496 e. The highest BCUT2D eigenvalue weighted by atomic mass is 16.5. The van der Waals surface area contributed by atoms with Crippen LogP contribution in [0.3, 0.4) is 0 Å². The van der Waals surface area contributed by atoms with Crippen LogP contribution in [0.15, 0.2) is 35.2 Å². The molecule has 0 unspecified atom stereocenters. The van der Waals surface area contributed by atoms with Crippen LogP contribution in [0, 0.1) is 5.92 Å². The molecule has 0 bridgehead atoms. The lowest BCUT2D eigenvalue weighted by Gasteiger charge is -2.26. The number of aromatic nitrogens is 1. The molecule has 1 aliphatic rings. The Morgan fingerprint density at radius 2 is 1.96 bits per heavy atom. The Kier molecular flexibility index (Phi) is 5.55. The van der Waals surface area contributed by atoms with Crippen LogP contribution in [0.1, 0.15) is 32.6 Å². The van der Waals surface area contributed by atoms with Crippen LogP contribution < -0.4 is 15.4 Å². The number of oxazole rings is 1. The highest BCUT2D eigenvalue weighted by molar-refractivity contribution is 6.39. The zero-order valence-electron chi connectivity index (χ0n) is 15.0. The van der Waals surface area contributed by atoms with Crippen molar-refractivity contribution in [2.45, 2.75) is 38.6 Å². The summed E-state index contributed by atoms with van der Waals surface area (Å²) < 4.78 is 10.6. The smallest absolute Gasteiger partial charge is 0.313 e. The van der Waals surface area contributed by atoms with Gasteiger partial charge in [-0.3, -0.25) is 9.59 Å². The second-order valence-electron chi connectivity index (χ2n) is 6.67. The van der Waals surface area contributed by atoms with E-state index in [1.165, 1.54) is 13.5 Å². The third-order valence-corrected chi connectivity index (χ3v) is 4.71. The molecule has 2 amide bonds. The van der Waals surface area contributed by atoms with Gasteiger partial charge in [0.2, 0.25) is 0 Å². The quantitative estimate of drug-likeness (QED) is 0.821. The maximum Gasteiger partial charge on any atom is 0.313 e. The van der Waals surface area contributed by atoms with Crippen molar-refractivity contribution in [3.8, 4) is 17.1 Å². The fourth-order valence-electron chi connectivity index (χ4n) is 3.16. The Balaban J connectivity index is 1.62. The van der Waals surface area contributed by atoms with Crippen LogP contribution in [0.2, 0.25) is 0 Å². The number of nitrogens with zero attached hydrogens (tertiary/aromatic N) is 1. The number of hydrogen-bond acceptors (Lipinski definition) is 5. The summed E-state index contributed by atoms with van der Waals surface area (Å²) >= 11 is 0. The average molecular weight is 357 g/mol. The van der Waals surface area contributed by atoms with Gasteiger partial charge < -0.3 is 19.8 Å². The van der Waals surface area contributed by atoms with E-state index in [9.17, 15) is 9.59 Å². The third kappa shape index (κ3) is 4.22. The summed E-state index contributed by atoms with van der Waals surface area (Å²) in [6.45, 7) is 2.21. The van der Waals surface area contributed by atoms with Crippen molar-refractivity contribution in [1.29, 1.82) is 0 Å². The first-order valence-corrected chi connectivity index (χ1v) is 8.75. The molecule has 1 fully saturated rings. The molecule has 0 spiro atoms. The summed E-state index contributed by atoms with van der Waals surface area (Å²) in [5.74, 6) is 0.471. The van der Waals surface area contributed by atoms with Crippen LogP contribution >= 0.6 is 0 Å². The number of amides is 2. The first-order valence-electron chi connectivity index (χ1n) is 8.75. The lowest BCUT2D eigenvalue weighted by molar-refractivity contribution is -0.136. The van der Waals surface area contributed by atoms with Gasteiger partial charge in [0.25, 0.3) is 0 Å². The number of carbonyl (C=O) groups is 2. The normalized spacial score (nSPS) is 19.6. The standard InChI is InChI=1S/C19H23N3O4/c1-12-3-5-13(6-4-12)21-18(23)19(24)22-14-7-8-15(16(9-14)25-2)17-10-20-11-26-17/h7-13H,3-6H2,1-2H3,(H,21,23)(H,22,24). The molecule has 3 rings (SSSR count). The van der Waals surface area contributed by atoms with Gasteiger partial charge in [-0.1, -0.05) is 6.92 Å². The van der Waals surface area contributed by atoms with E-state index in [0.29, 0.717) is 28.7 Å². The lowest BCUT2D eigenvalue weighted by Crippen LogP contribution is -2.43. The first-order chi connectivity index (χ1) is 12.6. The van der Waals surface area contributed by atoms with Crippen molar-refractivity contribution in [3.05, 3.63) is 30.8 Å². The average Bonchev–Trinajstić information content (AvgIpc) is 3.18. The minimum atomic E-state index is -0.682. The van der Waals surface area contributed by atoms with E-state index in [1.54, 1.807) is 24.4 Å². The molecule has 138 valence electrons. The second kappa shape index (κ2) is 8.03. The third-order valence-electron chi connectivity index (χ3n) is 4.71. The van der Waals surface area contributed by atoms with Gasteiger partial charge in [0.1, 0.15) is 5.75 Å². The molecule has 2 aromatic rings. The number of carbonyl (C=O) groups excluding carboxylic acids is 2. The zero-order chi connectivity index (χ0) is 18.5. The van der Waals surface area contributed by atoms with Crippen molar-refractivity contribution in [2.24, 2.45) is 5.92 Å². The monoisotopic (exact) mass is 357 g/mol. The summed E-state index contributed by atoms with van der Waals surface area (Å²) in [5.41, 5.74) is 1.19. The fraction of sp³-hybridized carbons (Fsp3) is 0.421. The van der Waals surface area contributed by atoms with E-state index in [4.69, 9.17) is 9.15 Å². The Morgan fingerprint density at radius 3 is 2.62 bits per heavy atom. The van der Waals surface area contributed by atoms with Crippen LogP contribution in [0.5, 0.6) is 5.75 Å². The van der Waals surface area contributed by atoms with Crippen molar-refractivity contribution in [3.63, 3.8) is 0 Å². The Hall–Kier alpha value is -2.83. The molecule has 26 heavy (non-hydrogen) atoms. The molecule has 7 heteroatoms. The topological polar surface area (TPSA) is 93.5 Å². The molecule has 1 aromatic heterocycles. The zero-order valence-corrected chi connectivity index (χ0v) is 15.0. The fourth-order valence-corrected chi connectivity index (χ4v) is 3.16. The van der Waals surface area contributed by atoms with Crippen LogP contribution in [0.4, 0.5) is 5.69 Å². The van der Waals surface area contributed by atoms with Gasteiger partial charge in [0, 0.05) is 17.8 Å². The number of nitrogens with one attached hydrogen (secondary N) is 2. The van der Waals surface area contributed by atoms with Crippen molar-refractivity contribution < 1.29 is 18.7 Å². The molecule has 2 N–H and O–H groups in total. The molecule has 1 saturated carbocycles. The van der Waals surface area contributed by atoms with E-state index in [0.717, 1.165) is 25.7 Å². The Morgan fingerprint density at radius 1 is 1.19 bits per heavy atom. The summed E-state index contributed by atoms with van der Waals surface area (Å²) in [4.78, 5) is 28.2. The molecule has 0 atom stereocenters. The maximum atomic E-state index is 12.2. The summed E-state index contributed by atoms with van der Waals surface area (Å²) in [6.07, 6.45) is 6.90. The van der Waals surface area contributed by atoms with Gasteiger partial charge in [-0.2, -0.15) is 0 Å². The van der Waals surface area contributed by atoms with E-state index in [2.05, 4.69) is 22.5 Å². The molecule has 0 saturated heterocycles. The van der Waals surface area contributed by atoms with E-state index in [1.807, 2.05) is 0 Å². The van der Waals surface area contributed by atoms with E-state index in [-0.39, 0.29) is 6.04 Å². The Labute approximate surface area is 152 Å². The second-order valence-corrected chi connectivity index (χ2v) is 6.67. The van der Waals surface area contributed by atoms with Gasteiger partial charge in [0.05, 0.1) is 18.9 Å². The van der Waals surface area contributed by atoms with Gasteiger partial charge in [0.15, 0.2) is 12.2 Å². The molecule has 7 nitrogen and oxygen atoms in total. The van der Waals surface area contributed by atoms with Gasteiger partial charge in [-0.05, 0) is 43.7 Å². The SMILES string of the molecule is COc1cc(NC(=O)C(=O)NC2CCC(C)CC2)ccc1-c1cnco1. The lowest BCUT2D eigenvalue weighted by atomic mass is 9.87. The number of hydrogen-bond donors (Lipinski definition) is 2. The highest BCUT2D eigenvalue weighted by Gasteiger charge is 2.23. The number of benzene rings is 1. The maximum absolute atomic E-state index is 12.2. The van der Waals surface area contributed by atoms with Crippen LogP contribution in [-0.2, 0) is 9.59 Å². The number of rotatable bonds is 4. The molecular formula is C19H23N3O4. The van der Waals surface area contributed by atoms with E-state index >= 15 is 0 Å². The number of methoxy groups -OCH3 is 1. The predicted octanol–water partition coefficient (Wildman–Crippen LogP) is 2.98. The Bertz CT molecular complexity index is 765. The van der Waals surface area contributed by atoms with E-state index < -0.39 is 11.8 Å². The van der Waals surface area contributed by atoms with Crippen molar-refractivity contribution in [2.75, 3.05) is 12.4 Å². The van der Waals surface area contributed by atoms with Crippen molar-refractivity contribution >= 4 is 17.5 Å². The molecule has 1 heterocycles. The molecule has 1 aromatic carbocycles. The molecule has 0 radical (unpaired) electrons. The summed E-state index contributed by atoms with van der Waals surface area (Å²) in [6, 6.07) is 5.15. The van der Waals surface area contributed by atoms with Gasteiger partial charge in [-0.15, -0.1) is 0 Å².